The van der Waals surface area contributed by atoms with Crippen LogP contribution in [-0.2, 0) is 19.1 Å². The maximum atomic E-state index is 11.1. The first-order chi connectivity index (χ1) is 6.56. The van der Waals surface area contributed by atoms with Crippen molar-refractivity contribution in [2.24, 2.45) is 0 Å². The number of ketones is 1. The summed E-state index contributed by atoms with van der Waals surface area (Å²) < 4.78 is 9.63. The molecular formula is C10H18O4. The van der Waals surface area contributed by atoms with E-state index in [1.807, 2.05) is 13.8 Å². The molecule has 4 heteroatoms. The Morgan fingerprint density at radius 1 is 1.29 bits per heavy atom. The van der Waals surface area contributed by atoms with E-state index in [-0.39, 0.29) is 18.3 Å². The molecule has 82 valence electrons. The van der Waals surface area contributed by atoms with Crippen LogP contribution in [-0.4, -0.2) is 31.6 Å². The van der Waals surface area contributed by atoms with E-state index in [1.165, 1.54) is 7.11 Å². The number of esters is 1. The monoisotopic (exact) mass is 202 g/mol. The molecule has 0 rings (SSSR count). The Kier molecular flexibility index (Phi) is 7.02. The highest BCUT2D eigenvalue weighted by atomic mass is 16.5. The number of methoxy groups -OCH3 is 1. The molecule has 0 aliphatic heterocycles. The normalized spacial score (nSPS) is 10.3. The van der Waals surface area contributed by atoms with Crippen LogP contribution in [0.25, 0.3) is 0 Å². The Labute approximate surface area is 84.6 Å². The lowest BCUT2D eigenvalue weighted by Gasteiger charge is -2.06. The summed E-state index contributed by atoms with van der Waals surface area (Å²) in [6.45, 7) is 4.44. The highest BCUT2D eigenvalue weighted by molar-refractivity contribution is 5.95. The van der Waals surface area contributed by atoms with Gasteiger partial charge in [-0.25, -0.2) is 0 Å². The third-order valence-electron chi connectivity index (χ3n) is 1.62. The van der Waals surface area contributed by atoms with E-state index in [2.05, 4.69) is 4.74 Å². The standard InChI is InChI=1S/C10H18O4/c1-8(2)14-6-4-5-9(11)7-10(12)13-3/h8H,4-7H2,1-3H3. The minimum atomic E-state index is -0.472. The summed E-state index contributed by atoms with van der Waals surface area (Å²) >= 11 is 0. The Hall–Kier alpha value is -0.900. The van der Waals surface area contributed by atoms with Crippen molar-refractivity contribution in [3.05, 3.63) is 0 Å². The largest absolute Gasteiger partial charge is 0.469 e. The molecule has 0 saturated heterocycles. The second-order valence-corrected chi connectivity index (χ2v) is 3.31. The molecule has 0 amide bonds. The van der Waals surface area contributed by atoms with Gasteiger partial charge in [0, 0.05) is 13.0 Å². The molecule has 14 heavy (non-hydrogen) atoms. The van der Waals surface area contributed by atoms with Crippen molar-refractivity contribution in [3.63, 3.8) is 0 Å². The Morgan fingerprint density at radius 2 is 1.93 bits per heavy atom. The van der Waals surface area contributed by atoms with Crippen LogP contribution in [0.5, 0.6) is 0 Å². The summed E-state index contributed by atoms with van der Waals surface area (Å²) in [5, 5.41) is 0. The number of ether oxygens (including phenoxy) is 2. The van der Waals surface area contributed by atoms with Crippen molar-refractivity contribution in [3.8, 4) is 0 Å². The highest BCUT2D eigenvalue weighted by Crippen LogP contribution is 1.99. The Morgan fingerprint density at radius 3 is 2.43 bits per heavy atom. The average Bonchev–Trinajstić information content (AvgIpc) is 2.12. The van der Waals surface area contributed by atoms with Crippen molar-refractivity contribution in [1.82, 2.24) is 0 Å². The Bertz CT molecular complexity index is 187. The first-order valence-electron chi connectivity index (χ1n) is 4.76. The number of carbonyl (C=O) groups is 2. The van der Waals surface area contributed by atoms with Crippen LogP contribution >= 0.6 is 0 Å². The van der Waals surface area contributed by atoms with Crippen LogP contribution in [0.3, 0.4) is 0 Å². The molecule has 0 spiro atoms. The molecule has 0 saturated carbocycles. The van der Waals surface area contributed by atoms with Gasteiger partial charge in [-0.2, -0.15) is 0 Å². The number of carbonyl (C=O) groups excluding carboxylic acids is 2. The topological polar surface area (TPSA) is 52.6 Å². The van der Waals surface area contributed by atoms with E-state index < -0.39 is 5.97 Å². The fourth-order valence-corrected chi connectivity index (χ4v) is 0.910. The highest BCUT2D eigenvalue weighted by Gasteiger charge is 2.08. The van der Waals surface area contributed by atoms with Gasteiger partial charge in [-0.15, -0.1) is 0 Å². The average molecular weight is 202 g/mol. The smallest absolute Gasteiger partial charge is 0.313 e. The van der Waals surface area contributed by atoms with Crippen molar-refractivity contribution >= 4 is 11.8 Å². The molecular weight excluding hydrogens is 184 g/mol. The summed E-state index contributed by atoms with van der Waals surface area (Å²) in [7, 11) is 1.28. The lowest BCUT2D eigenvalue weighted by Crippen LogP contribution is -2.11. The number of hydrogen-bond donors (Lipinski definition) is 0. The van der Waals surface area contributed by atoms with Crippen molar-refractivity contribution in [2.75, 3.05) is 13.7 Å². The first-order valence-corrected chi connectivity index (χ1v) is 4.76. The van der Waals surface area contributed by atoms with Crippen LogP contribution < -0.4 is 0 Å². The van der Waals surface area contributed by atoms with Crippen molar-refractivity contribution < 1.29 is 19.1 Å². The molecule has 0 N–H and O–H groups in total. The van der Waals surface area contributed by atoms with Gasteiger partial charge >= 0.3 is 5.97 Å². The van der Waals surface area contributed by atoms with Gasteiger partial charge in [0.05, 0.1) is 13.2 Å². The van der Waals surface area contributed by atoms with Crippen LogP contribution in [0.4, 0.5) is 0 Å². The van der Waals surface area contributed by atoms with Gasteiger partial charge in [0.2, 0.25) is 0 Å². The molecule has 0 aliphatic carbocycles. The second-order valence-electron chi connectivity index (χ2n) is 3.31. The number of hydrogen-bond acceptors (Lipinski definition) is 4. The van der Waals surface area contributed by atoms with Crippen molar-refractivity contribution in [2.45, 2.75) is 39.2 Å². The van der Waals surface area contributed by atoms with Gasteiger partial charge in [0.25, 0.3) is 0 Å². The maximum Gasteiger partial charge on any atom is 0.313 e. The van der Waals surface area contributed by atoms with Crippen LogP contribution in [0.15, 0.2) is 0 Å². The fourth-order valence-electron chi connectivity index (χ4n) is 0.910. The van der Waals surface area contributed by atoms with E-state index in [9.17, 15) is 9.59 Å². The third kappa shape index (κ3) is 7.73. The van der Waals surface area contributed by atoms with E-state index >= 15 is 0 Å². The SMILES string of the molecule is COC(=O)CC(=O)CCCOC(C)C. The van der Waals surface area contributed by atoms with Gasteiger partial charge in [-0.3, -0.25) is 9.59 Å². The molecule has 0 aromatic rings. The molecule has 0 aromatic carbocycles. The summed E-state index contributed by atoms with van der Waals surface area (Å²) in [4.78, 5) is 21.8. The molecule has 0 aromatic heterocycles. The van der Waals surface area contributed by atoms with Crippen LogP contribution in [0, 0.1) is 0 Å². The molecule has 0 heterocycles. The molecule has 0 aliphatic rings. The lowest BCUT2D eigenvalue weighted by molar-refractivity contribution is -0.143. The number of rotatable bonds is 7. The van der Waals surface area contributed by atoms with Gasteiger partial charge < -0.3 is 9.47 Å². The zero-order valence-corrected chi connectivity index (χ0v) is 9.04. The Balaban J connectivity index is 3.40. The van der Waals surface area contributed by atoms with E-state index in [0.29, 0.717) is 19.4 Å². The lowest BCUT2D eigenvalue weighted by atomic mass is 10.2. The first kappa shape index (κ1) is 13.1. The van der Waals surface area contributed by atoms with Gasteiger partial charge in [0.1, 0.15) is 12.2 Å². The number of Topliss-reactive ketones (excluding diaryl/α,β-unsaturated/α-hetero) is 1. The van der Waals surface area contributed by atoms with E-state index in [4.69, 9.17) is 4.74 Å². The van der Waals surface area contributed by atoms with Crippen molar-refractivity contribution in [1.29, 1.82) is 0 Å². The zero-order chi connectivity index (χ0) is 11.0. The summed E-state index contributed by atoms with van der Waals surface area (Å²) in [5.74, 6) is -0.566. The van der Waals surface area contributed by atoms with Crippen LogP contribution in [0.2, 0.25) is 0 Å². The molecule has 0 radical (unpaired) electrons. The molecule has 0 unspecified atom stereocenters. The quantitative estimate of drug-likeness (QED) is 0.355. The summed E-state index contributed by atoms with van der Waals surface area (Å²) in [5.41, 5.74) is 0. The van der Waals surface area contributed by atoms with Gasteiger partial charge in [-0.1, -0.05) is 0 Å². The predicted molar refractivity (Wildman–Crippen MR) is 52.0 cm³/mol. The predicted octanol–water partition coefficient (Wildman–Crippen LogP) is 1.32. The minimum Gasteiger partial charge on any atom is -0.469 e. The van der Waals surface area contributed by atoms with Crippen LogP contribution in [0.1, 0.15) is 33.1 Å². The maximum absolute atomic E-state index is 11.1. The van der Waals surface area contributed by atoms with E-state index in [0.717, 1.165) is 0 Å². The molecule has 0 bridgehead atoms. The third-order valence-corrected chi connectivity index (χ3v) is 1.62. The summed E-state index contributed by atoms with van der Waals surface area (Å²) in [6, 6.07) is 0. The second kappa shape index (κ2) is 7.50. The minimum absolute atomic E-state index is 0.0933. The zero-order valence-electron chi connectivity index (χ0n) is 9.04. The summed E-state index contributed by atoms with van der Waals surface area (Å²) in [6.07, 6.45) is 1.10. The molecule has 0 fully saturated rings. The van der Waals surface area contributed by atoms with Gasteiger partial charge in [0.15, 0.2) is 0 Å². The van der Waals surface area contributed by atoms with Gasteiger partial charge in [-0.05, 0) is 20.3 Å². The molecule has 4 nitrogen and oxygen atoms in total. The fraction of sp³-hybridized carbons (Fsp3) is 0.800. The van der Waals surface area contributed by atoms with E-state index in [1.54, 1.807) is 0 Å². The molecule has 0 atom stereocenters.